The van der Waals surface area contributed by atoms with Gasteiger partial charge in [0.25, 0.3) is 0 Å². The van der Waals surface area contributed by atoms with E-state index in [2.05, 4.69) is 11.8 Å². The second-order valence-electron chi connectivity index (χ2n) is 6.46. The molecule has 2 fully saturated rings. The van der Waals surface area contributed by atoms with Crippen molar-refractivity contribution in [2.24, 2.45) is 5.92 Å². The minimum Gasteiger partial charge on any atom is -0.481 e. The van der Waals surface area contributed by atoms with Gasteiger partial charge in [-0.25, -0.2) is 0 Å². The zero-order chi connectivity index (χ0) is 15.2. The summed E-state index contributed by atoms with van der Waals surface area (Å²) in [6.07, 6.45) is 7.17. The van der Waals surface area contributed by atoms with Crippen LogP contribution in [-0.2, 0) is 9.59 Å². The highest BCUT2D eigenvalue weighted by molar-refractivity contribution is 5.78. The molecule has 0 radical (unpaired) electrons. The first-order valence-electron chi connectivity index (χ1n) is 8.33. The van der Waals surface area contributed by atoms with Gasteiger partial charge in [-0.05, 0) is 38.6 Å². The second-order valence-corrected chi connectivity index (χ2v) is 6.46. The monoisotopic (exact) mass is 296 g/mol. The normalized spacial score (nSPS) is 24.1. The van der Waals surface area contributed by atoms with E-state index in [9.17, 15) is 9.59 Å². The van der Waals surface area contributed by atoms with Gasteiger partial charge in [-0.1, -0.05) is 19.3 Å². The Kier molecular flexibility index (Phi) is 6.03. The molecule has 1 unspecified atom stereocenters. The maximum atomic E-state index is 12.5. The molecule has 21 heavy (non-hydrogen) atoms. The maximum Gasteiger partial charge on any atom is 0.303 e. The third kappa shape index (κ3) is 4.70. The van der Waals surface area contributed by atoms with Crippen molar-refractivity contribution in [3.05, 3.63) is 0 Å². The van der Waals surface area contributed by atoms with Crippen molar-refractivity contribution in [1.82, 2.24) is 9.80 Å². The molecule has 2 aliphatic rings. The minimum absolute atomic E-state index is 0.208. The van der Waals surface area contributed by atoms with E-state index in [-0.39, 0.29) is 18.2 Å². The van der Waals surface area contributed by atoms with Crippen molar-refractivity contribution in [1.29, 1.82) is 0 Å². The molecule has 1 saturated heterocycles. The van der Waals surface area contributed by atoms with Gasteiger partial charge in [-0.3, -0.25) is 14.5 Å². The Balaban J connectivity index is 1.81. The number of carbonyl (C=O) groups is 2. The number of rotatable bonds is 6. The van der Waals surface area contributed by atoms with Crippen LogP contribution >= 0.6 is 0 Å². The zero-order valence-electron chi connectivity index (χ0n) is 13.1. The molecule has 2 rings (SSSR count). The summed E-state index contributed by atoms with van der Waals surface area (Å²) in [5, 5.41) is 8.84. The Morgan fingerprint density at radius 3 is 2.52 bits per heavy atom. The van der Waals surface area contributed by atoms with Crippen LogP contribution in [0.4, 0.5) is 0 Å². The quantitative estimate of drug-likeness (QED) is 0.814. The van der Waals surface area contributed by atoms with Crippen LogP contribution in [-0.4, -0.2) is 59.0 Å². The van der Waals surface area contributed by atoms with Gasteiger partial charge in [0.05, 0.1) is 6.54 Å². The van der Waals surface area contributed by atoms with Gasteiger partial charge < -0.3 is 10.0 Å². The summed E-state index contributed by atoms with van der Waals surface area (Å²) in [5.74, 6) is -0.300. The van der Waals surface area contributed by atoms with Crippen LogP contribution in [0.1, 0.15) is 51.9 Å². The van der Waals surface area contributed by atoms with Crippen LogP contribution in [0.5, 0.6) is 0 Å². The highest BCUT2D eigenvalue weighted by Crippen LogP contribution is 2.24. The van der Waals surface area contributed by atoms with Gasteiger partial charge in [0.15, 0.2) is 0 Å². The lowest BCUT2D eigenvalue weighted by Gasteiger charge is -2.34. The van der Waals surface area contributed by atoms with E-state index in [1.165, 1.54) is 19.3 Å². The Morgan fingerprint density at radius 2 is 1.90 bits per heavy atom. The lowest BCUT2D eigenvalue weighted by molar-refractivity contribution is -0.138. The number of hydrogen-bond donors (Lipinski definition) is 1. The third-order valence-electron chi connectivity index (χ3n) is 4.87. The number of nitrogens with zero attached hydrogens (tertiary/aromatic N) is 2. The Morgan fingerprint density at radius 1 is 1.19 bits per heavy atom. The van der Waals surface area contributed by atoms with Gasteiger partial charge in [0, 0.05) is 25.6 Å². The predicted octanol–water partition coefficient (Wildman–Crippen LogP) is 1.96. The van der Waals surface area contributed by atoms with Crippen LogP contribution in [0.2, 0.25) is 0 Å². The van der Waals surface area contributed by atoms with Crippen LogP contribution in [0.3, 0.4) is 0 Å². The first-order valence-corrected chi connectivity index (χ1v) is 8.33. The van der Waals surface area contributed by atoms with Crippen LogP contribution < -0.4 is 0 Å². The van der Waals surface area contributed by atoms with Crippen LogP contribution in [0.15, 0.2) is 0 Å². The van der Waals surface area contributed by atoms with E-state index in [1.807, 2.05) is 4.90 Å². The second kappa shape index (κ2) is 7.78. The molecule has 1 atom stereocenters. The molecule has 0 aromatic rings. The van der Waals surface area contributed by atoms with Crippen molar-refractivity contribution >= 4 is 11.9 Å². The molecule has 5 nitrogen and oxygen atoms in total. The van der Waals surface area contributed by atoms with Crippen molar-refractivity contribution in [2.75, 3.05) is 26.2 Å². The zero-order valence-corrected chi connectivity index (χ0v) is 13.1. The molecule has 1 saturated carbocycles. The fraction of sp³-hybridized carbons (Fsp3) is 0.875. The van der Waals surface area contributed by atoms with Gasteiger partial charge in [-0.15, -0.1) is 0 Å². The summed E-state index contributed by atoms with van der Waals surface area (Å²) in [4.78, 5) is 27.4. The van der Waals surface area contributed by atoms with E-state index >= 15 is 0 Å². The van der Waals surface area contributed by atoms with Gasteiger partial charge in [0.1, 0.15) is 0 Å². The highest BCUT2D eigenvalue weighted by Gasteiger charge is 2.29. The molecular formula is C16H28N2O3. The van der Waals surface area contributed by atoms with Gasteiger partial charge in [0.2, 0.25) is 5.91 Å². The number of carboxylic acid groups (broad SMARTS) is 1. The molecule has 1 aliphatic heterocycles. The molecule has 0 spiro atoms. The summed E-state index contributed by atoms with van der Waals surface area (Å²) in [5.41, 5.74) is 0. The largest absolute Gasteiger partial charge is 0.481 e. The summed E-state index contributed by atoms with van der Waals surface area (Å²) in [6, 6.07) is 0.425. The van der Waals surface area contributed by atoms with Crippen LogP contribution in [0.25, 0.3) is 0 Å². The first-order chi connectivity index (χ1) is 10.1. The SMILES string of the molecule is CCN(C(=O)CN1CCC(CC(=O)O)C1)C1CCCCC1. The Hall–Kier alpha value is -1.10. The smallest absolute Gasteiger partial charge is 0.303 e. The highest BCUT2D eigenvalue weighted by atomic mass is 16.4. The van der Waals surface area contributed by atoms with Crippen molar-refractivity contribution in [3.8, 4) is 0 Å². The molecule has 0 bridgehead atoms. The Labute approximate surface area is 127 Å². The number of likely N-dealkylation sites (tertiary alicyclic amines) is 1. The molecule has 1 N–H and O–H groups in total. The average Bonchev–Trinajstić information content (AvgIpc) is 2.87. The van der Waals surface area contributed by atoms with E-state index in [0.29, 0.717) is 12.6 Å². The minimum atomic E-state index is -0.731. The number of likely N-dealkylation sites (N-methyl/N-ethyl adjacent to an activating group) is 1. The summed E-state index contributed by atoms with van der Waals surface area (Å²) in [7, 11) is 0. The molecule has 1 aliphatic carbocycles. The molecular weight excluding hydrogens is 268 g/mol. The van der Waals surface area contributed by atoms with Crippen molar-refractivity contribution in [2.45, 2.75) is 57.9 Å². The molecule has 1 heterocycles. The average molecular weight is 296 g/mol. The molecule has 0 aromatic carbocycles. The Bertz CT molecular complexity index is 367. The summed E-state index contributed by atoms with van der Waals surface area (Å²) < 4.78 is 0. The lowest BCUT2D eigenvalue weighted by atomic mass is 9.94. The fourth-order valence-corrected chi connectivity index (χ4v) is 3.78. The fourth-order valence-electron chi connectivity index (χ4n) is 3.78. The first kappa shape index (κ1) is 16.3. The van der Waals surface area contributed by atoms with E-state index < -0.39 is 5.97 Å². The van der Waals surface area contributed by atoms with Gasteiger partial charge >= 0.3 is 5.97 Å². The predicted molar refractivity (Wildman–Crippen MR) is 81.1 cm³/mol. The summed E-state index contributed by atoms with van der Waals surface area (Å²) >= 11 is 0. The van der Waals surface area contributed by atoms with Crippen molar-refractivity contribution in [3.63, 3.8) is 0 Å². The molecule has 5 heteroatoms. The molecule has 0 aromatic heterocycles. The van der Waals surface area contributed by atoms with E-state index in [0.717, 1.165) is 38.9 Å². The summed E-state index contributed by atoms with van der Waals surface area (Å²) in [6.45, 7) is 4.91. The van der Waals surface area contributed by atoms with Gasteiger partial charge in [-0.2, -0.15) is 0 Å². The lowest BCUT2D eigenvalue weighted by Crippen LogP contribution is -2.46. The number of hydrogen-bond acceptors (Lipinski definition) is 3. The third-order valence-corrected chi connectivity index (χ3v) is 4.87. The number of carbonyl (C=O) groups excluding carboxylic acids is 1. The number of carboxylic acids is 1. The van der Waals surface area contributed by atoms with Crippen molar-refractivity contribution < 1.29 is 14.7 Å². The molecule has 1 amide bonds. The molecule has 120 valence electrons. The standard InChI is InChI=1S/C16H28N2O3/c1-2-18(14-6-4-3-5-7-14)15(19)12-17-9-8-13(11-17)10-16(20)21/h13-14H,2-12H2,1H3,(H,20,21). The van der Waals surface area contributed by atoms with E-state index in [4.69, 9.17) is 5.11 Å². The van der Waals surface area contributed by atoms with E-state index in [1.54, 1.807) is 0 Å². The topological polar surface area (TPSA) is 60.9 Å². The van der Waals surface area contributed by atoms with Crippen LogP contribution in [0, 0.1) is 5.92 Å². The number of amides is 1. The maximum absolute atomic E-state index is 12.5. The number of aliphatic carboxylic acids is 1.